The number of benzene rings is 3. The molecule has 0 saturated heterocycles. The Morgan fingerprint density at radius 2 is 1.53 bits per heavy atom. The molecule has 0 spiro atoms. The van der Waals surface area contributed by atoms with Crippen molar-refractivity contribution in [2.24, 2.45) is 0 Å². The number of sulfonamides is 1. The molecule has 0 radical (unpaired) electrons. The van der Waals surface area contributed by atoms with Gasteiger partial charge in [-0.15, -0.1) is 0 Å². The van der Waals surface area contributed by atoms with Crippen molar-refractivity contribution in [2.45, 2.75) is 45.7 Å². The maximum Gasteiger partial charge on any atom is 0.243 e. The second kappa shape index (κ2) is 13.8. The van der Waals surface area contributed by atoms with Crippen LogP contribution in [0.15, 0.2) is 84.9 Å². The molecule has 3 rings (SSSR count). The van der Waals surface area contributed by atoms with Crippen molar-refractivity contribution in [2.75, 3.05) is 23.7 Å². The summed E-state index contributed by atoms with van der Waals surface area (Å²) in [7, 11) is -3.53. The number of carbonyl (C=O) groups excluding carboxylic acids is 2. The minimum absolute atomic E-state index is 0.107. The molecule has 0 aliphatic rings. The van der Waals surface area contributed by atoms with Crippen LogP contribution in [0, 0.1) is 6.92 Å². The molecule has 2 amide bonds. The van der Waals surface area contributed by atoms with Crippen molar-refractivity contribution in [3.63, 3.8) is 0 Å². The zero-order chi connectivity index (χ0) is 27.5. The molecule has 202 valence electrons. The van der Waals surface area contributed by atoms with Gasteiger partial charge in [0.2, 0.25) is 21.8 Å². The first kappa shape index (κ1) is 28.9. The van der Waals surface area contributed by atoms with Crippen LogP contribution in [0.3, 0.4) is 0 Å². The fraction of sp³-hybridized carbons (Fsp3) is 0.333. The van der Waals surface area contributed by atoms with Gasteiger partial charge in [-0.25, -0.2) is 8.42 Å². The van der Waals surface area contributed by atoms with Crippen molar-refractivity contribution in [3.8, 4) is 0 Å². The van der Waals surface area contributed by atoms with Gasteiger partial charge in [0.15, 0.2) is 0 Å². The Kier molecular flexibility index (Phi) is 10.5. The molecular weight excluding hydrogens is 498 g/mol. The summed E-state index contributed by atoms with van der Waals surface area (Å²) in [6, 6.07) is 25.8. The average Bonchev–Trinajstić information content (AvgIpc) is 2.89. The molecule has 3 aromatic rings. The number of hydrogen-bond acceptors (Lipinski definition) is 4. The summed E-state index contributed by atoms with van der Waals surface area (Å²) >= 11 is 0. The van der Waals surface area contributed by atoms with E-state index in [1.165, 1.54) is 10.6 Å². The number of amides is 2. The van der Waals surface area contributed by atoms with Gasteiger partial charge in [-0.1, -0.05) is 72.8 Å². The number of anilines is 1. The van der Waals surface area contributed by atoms with Crippen LogP contribution in [0.1, 0.15) is 36.5 Å². The second-order valence-electron chi connectivity index (χ2n) is 9.39. The molecule has 8 heteroatoms. The SMILES string of the molecule is CCNC(=O)[C@H](Cc1ccccc1)N(Cc1ccccc1)C(=O)CCCN(c1cccc(C)c1)S(C)(=O)=O. The Morgan fingerprint density at radius 3 is 2.11 bits per heavy atom. The van der Waals surface area contributed by atoms with Gasteiger partial charge in [-0.05, 0) is 49.1 Å². The fourth-order valence-corrected chi connectivity index (χ4v) is 5.37. The number of hydrogen-bond donors (Lipinski definition) is 1. The summed E-state index contributed by atoms with van der Waals surface area (Å²) in [5.41, 5.74) is 3.40. The predicted octanol–water partition coefficient (Wildman–Crippen LogP) is 4.32. The highest BCUT2D eigenvalue weighted by molar-refractivity contribution is 7.92. The minimum atomic E-state index is -3.53. The zero-order valence-electron chi connectivity index (χ0n) is 22.3. The molecule has 0 fully saturated rings. The van der Waals surface area contributed by atoms with Gasteiger partial charge >= 0.3 is 0 Å². The Bertz CT molecular complexity index is 1300. The van der Waals surface area contributed by atoms with Crippen LogP contribution >= 0.6 is 0 Å². The van der Waals surface area contributed by atoms with E-state index in [-0.39, 0.29) is 31.3 Å². The summed E-state index contributed by atoms with van der Waals surface area (Å²) in [5, 5.41) is 2.89. The van der Waals surface area contributed by atoms with E-state index in [1.807, 2.05) is 92.7 Å². The minimum Gasteiger partial charge on any atom is -0.355 e. The Balaban J connectivity index is 1.84. The molecule has 0 saturated carbocycles. The molecule has 3 aromatic carbocycles. The summed E-state index contributed by atoms with van der Waals surface area (Å²) < 4.78 is 26.4. The molecule has 0 bridgehead atoms. The third kappa shape index (κ3) is 8.45. The summed E-state index contributed by atoms with van der Waals surface area (Å²) in [6.45, 7) is 4.66. The Morgan fingerprint density at radius 1 is 0.895 bits per heavy atom. The van der Waals surface area contributed by atoms with Crippen LogP contribution in [0.25, 0.3) is 0 Å². The van der Waals surface area contributed by atoms with E-state index in [2.05, 4.69) is 5.32 Å². The van der Waals surface area contributed by atoms with Gasteiger partial charge in [0.05, 0.1) is 11.9 Å². The summed E-state index contributed by atoms with van der Waals surface area (Å²) in [6.07, 6.45) is 1.97. The van der Waals surface area contributed by atoms with E-state index < -0.39 is 16.1 Å². The Labute approximate surface area is 226 Å². The third-order valence-corrected chi connectivity index (χ3v) is 7.45. The van der Waals surface area contributed by atoms with Gasteiger partial charge in [-0.2, -0.15) is 0 Å². The maximum atomic E-state index is 13.7. The number of aryl methyl sites for hydroxylation is 1. The molecule has 0 aromatic heterocycles. The number of likely N-dealkylation sites (N-methyl/N-ethyl adjacent to an activating group) is 1. The molecule has 1 N–H and O–H groups in total. The smallest absolute Gasteiger partial charge is 0.243 e. The van der Waals surface area contributed by atoms with Gasteiger partial charge < -0.3 is 10.2 Å². The largest absolute Gasteiger partial charge is 0.355 e. The fourth-order valence-electron chi connectivity index (χ4n) is 4.41. The van der Waals surface area contributed by atoms with Crippen LogP contribution in [0.5, 0.6) is 0 Å². The summed E-state index contributed by atoms with van der Waals surface area (Å²) in [4.78, 5) is 28.5. The number of rotatable bonds is 13. The molecule has 7 nitrogen and oxygen atoms in total. The molecule has 0 heterocycles. The molecule has 1 atom stereocenters. The van der Waals surface area contributed by atoms with Crippen LogP contribution in [-0.4, -0.2) is 50.5 Å². The van der Waals surface area contributed by atoms with Crippen molar-refractivity contribution in [1.82, 2.24) is 10.2 Å². The highest BCUT2D eigenvalue weighted by atomic mass is 32.2. The quantitative estimate of drug-likeness (QED) is 0.353. The van der Waals surface area contributed by atoms with Crippen LogP contribution in [-0.2, 0) is 32.6 Å². The average molecular weight is 536 g/mol. The van der Waals surface area contributed by atoms with E-state index in [0.717, 1.165) is 16.7 Å². The number of nitrogens with zero attached hydrogens (tertiary/aromatic N) is 2. The topological polar surface area (TPSA) is 86.8 Å². The molecule has 38 heavy (non-hydrogen) atoms. The predicted molar refractivity (Wildman–Crippen MR) is 152 cm³/mol. The van der Waals surface area contributed by atoms with Crippen molar-refractivity contribution in [3.05, 3.63) is 102 Å². The monoisotopic (exact) mass is 535 g/mol. The first-order chi connectivity index (χ1) is 18.2. The Hall–Kier alpha value is -3.65. The van der Waals surface area contributed by atoms with Crippen molar-refractivity contribution >= 4 is 27.5 Å². The lowest BCUT2D eigenvalue weighted by Crippen LogP contribution is -2.50. The first-order valence-corrected chi connectivity index (χ1v) is 14.7. The van der Waals surface area contributed by atoms with Gasteiger partial charge in [-0.3, -0.25) is 13.9 Å². The lowest BCUT2D eigenvalue weighted by molar-refractivity contribution is -0.141. The molecule has 0 aliphatic carbocycles. The third-order valence-electron chi connectivity index (χ3n) is 6.26. The normalized spacial score (nSPS) is 12.0. The second-order valence-corrected chi connectivity index (χ2v) is 11.3. The molecule has 0 unspecified atom stereocenters. The van der Waals surface area contributed by atoms with E-state index in [4.69, 9.17) is 0 Å². The lowest BCUT2D eigenvalue weighted by Gasteiger charge is -2.32. The van der Waals surface area contributed by atoms with Crippen LogP contribution in [0.2, 0.25) is 0 Å². The highest BCUT2D eigenvalue weighted by Gasteiger charge is 2.30. The number of nitrogens with one attached hydrogen (secondary N) is 1. The molecule has 0 aliphatic heterocycles. The lowest BCUT2D eigenvalue weighted by atomic mass is 10.0. The van der Waals surface area contributed by atoms with Crippen LogP contribution in [0.4, 0.5) is 5.69 Å². The number of carbonyl (C=O) groups is 2. The van der Waals surface area contributed by atoms with E-state index in [0.29, 0.717) is 25.1 Å². The van der Waals surface area contributed by atoms with E-state index >= 15 is 0 Å². The zero-order valence-corrected chi connectivity index (χ0v) is 23.2. The summed E-state index contributed by atoms with van der Waals surface area (Å²) in [5.74, 6) is -0.406. The molecular formula is C30H37N3O4S. The highest BCUT2D eigenvalue weighted by Crippen LogP contribution is 2.21. The first-order valence-electron chi connectivity index (χ1n) is 12.9. The van der Waals surface area contributed by atoms with Crippen molar-refractivity contribution in [1.29, 1.82) is 0 Å². The van der Waals surface area contributed by atoms with Gasteiger partial charge in [0, 0.05) is 32.5 Å². The maximum absolute atomic E-state index is 13.7. The van der Waals surface area contributed by atoms with Gasteiger partial charge in [0.1, 0.15) is 6.04 Å². The standard InChI is InChI=1S/C30H37N3O4S/c1-4-31-30(35)28(22-25-14-7-5-8-15-25)32(23-26-16-9-6-10-17-26)29(34)19-12-20-33(38(3,36)37)27-18-11-13-24(2)21-27/h5-11,13-18,21,28H,4,12,19-20,22-23H2,1-3H3,(H,31,35)/t28-/m0/s1. The van der Waals surface area contributed by atoms with Gasteiger partial charge in [0.25, 0.3) is 0 Å². The van der Waals surface area contributed by atoms with E-state index in [9.17, 15) is 18.0 Å². The van der Waals surface area contributed by atoms with E-state index in [1.54, 1.807) is 11.0 Å². The van der Waals surface area contributed by atoms with Crippen LogP contribution < -0.4 is 9.62 Å². The van der Waals surface area contributed by atoms with Crippen molar-refractivity contribution < 1.29 is 18.0 Å².